The van der Waals surface area contributed by atoms with Crippen molar-refractivity contribution in [1.29, 1.82) is 0 Å². The number of halogens is 1. The Labute approximate surface area is 182 Å². The minimum absolute atomic E-state index is 0.207. The molecule has 31 heavy (non-hydrogen) atoms. The van der Waals surface area contributed by atoms with Crippen LogP contribution in [0.1, 0.15) is 12.5 Å². The van der Waals surface area contributed by atoms with Crippen molar-refractivity contribution in [3.8, 4) is 0 Å². The van der Waals surface area contributed by atoms with Crippen LogP contribution in [0, 0.1) is 5.82 Å². The first-order valence-electron chi connectivity index (χ1n) is 10.9. The molecular weight excluding hydrogens is 393 g/mol. The number of likely N-dealkylation sites (N-methyl/N-ethyl adjacent to an activating group) is 1. The van der Waals surface area contributed by atoms with Gasteiger partial charge in [-0.3, -0.25) is 4.79 Å². The summed E-state index contributed by atoms with van der Waals surface area (Å²) >= 11 is 0. The van der Waals surface area contributed by atoms with E-state index in [-0.39, 0.29) is 18.3 Å². The molecule has 2 aliphatic heterocycles. The summed E-state index contributed by atoms with van der Waals surface area (Å²) in [6.45, 7) is 9.00. The van der Waals surface area contributed by atoms with Gasteiger partial charge in [0, 0.05) is 61.2 Å². The van der Waals surface area contributed by atoms with E-state index in [4.69, 9.17) is 5.73 Å². The van der Waals surface area contributed by atoms with E-state index < -0.39 is 0 Å². The first kappa shape index (κ1) is 21.2. The maximum Gasteiger partial charge on any atom is 0.236 e. The number of nitrogens with zero attached hydrogens (tertiary/aromatic N) is 3. The first-order chi connectivity index (χ1) is 15.0. The molecule has 3 aromatic rings. The molecule has 1 amide bonds. The number of hydrogen-bond donors (Lipinski definition) is 2. The standard InChI is InChI=1S/C14H19N3.C10H11FN2O/c1-2-16-7-9-17(10-8-16)13-3-4-14-12(11-13)5-6-15-14;11-8-1-2-9-7(5-8)3-4-13(9)6-10(12)14/h3-6,11,15H,2,7-10H2,1H3;1-2,5H,3-4,6H2,(H2,12,14). The second-order valence-electron chi connectivity index (χ2n) is 8.08. The lowest BCUT2D eigenvalue weighted by atomic mass is 10.2. The third-order valence-electron chi connectivity index (χ3n) is 6.10. The van der Waals surface area contributed by atoms with Crippen LogP contribution in [0.2, 0.25) is 0 Å². The van der Waals surface area contributed by atoms with Gasteiger partial charge in [0.05, 0.1) is 6.54 Å². The highest BCUT2D eigenvalue weighted by atomic mass is 19.1. The van der Waals surface area contributed by atoms with E-state index in [2.05, 4.69) is 46.0 Å². The van der Waals surface area contributed by atoms with Crippen molar-refractivity contribution in [2.24, 2.45) is 5.73 Å². The Kier molecular flexibility index (Phi) is 6.42. The topological polar surface area (TPSA) is 68.6 Å². The molecule has 3 heterocycles. The van der Waals surface area contributed by atoms with E-state index in [1.54, 1.807) is 6.07 Å². The number of fused-ring (bicyclic) bond motifs is 2. The van der Waals surface area contributed by atoms with Gasteiger partial charge in [-0.05, 0) is 61.0 Å². The van der Waals surface area contributed by atoms with Crippen molar-refractivity contribution in [3.63, 3.8) is 0 Å². The summed E-state index contributed by atoms with van der Waals surface area (Å²) in [7, 11) is 0. The summed E-state index contributed by atoms with van der Waals surface area (Å²) in [5.74, 6) is -0.591. The highest BCUT2D eigenvalue weighted by molar-refractivity contribution is 5.83. The number of amides is 1. The lowest BCUT2D eigenvalue weighted by Crippen LogP contribution is -2.46. The van der Waals surface area contributed by atoms with Crippen molar-refractivity contribution >= 4 is 28.2 Å². The Morgan fingerprint density at radius 2 is 1.87 bits per heavy atom. The van der Waals surface area contributed by atoms with Crippen molar-refractivity contribution < 1.29 is 9.18 Å². The van der Waals surface area contributed by atoms with Gasteiger partial charge in [-0.2, -0.15) is 0 Å². The van der Waals surface area contributed by atoms with Crippen molar-refractivity contribution in [1.82, 2.24) is 9.88 Å². The summed E-state index contributed by atoms with van der Waals surface area (Å²) < 4.78 is 12.8. The zero-order valence-electron chi connectivity index (χ0n) is 18.0. The second kappa shape index (κ2) is 9.39. The monoisotopic (exact) mass is 423 g/mol. The second-order valence-corrected chi connectivity index (χ2v) is 8.08. The Morgan fingerprint density at radius 1 is 1.06 bits per heavy atom. The number of aromatic nitrogens is 1. The van der Waals surface area contributed by atoms with Crippen LogP contribution < -0.4 is 15.5 Å². The minimum atomic E-state index is -0.359. The molecule has 0 aliphatic carbocycles. The molecule has 0 radical (unpaired) electrons. The molecule has 0 spiro atoms. The number of aromatic amines is 1. The van der Waals surface area contributed by atoms with E-state index >= 15 is 0 Å². The smallest absolute Gasteiger partial charge is 0.236 e. The van der Waals surface area contributed by atoms with Crippen LogP contribution in [0.4, 0.5) is 15.8 Å². The molecule has 0 atom stereocenters. The number of nitrogens with one attached hydrogen (secondary N) is 1. The average Bonchev–Trinajstić information content (AvgIpc) is 3.40. The highest BCUT2D eigenvalue weighted by Gasteiger charge is 2.20. The molecule has 0 unspecified atom stereocenters. The van der Waals surface area contributed by atoms with Gasteiger partial charge in [0.1, 0.15) is 5.82 Å². The Balaban J connectivity index is 0.000000152. The third kappa shape index (κ3) is 4.99. The number of carbonyl (C=O) groups is 1. The molecule has 0 bridgehead atoms. The predicted molar refractivity (Wildman–Crippen MR) is 124 cm³/mol. The Bertz CT molecular complexity index is 1040. The van der Waals surface area contributed by atoms with Crippen LogP contribution in [0.3, 0.4) is 0 Å². The maximum absolute atomic E-state index is 12.8. The van der Waals surface area contributed by atoms with Crippen molar-refractivity contribution in [2.45, 2.75) is 13.3 Å². The van der Waals surface area contributed by atoms with Gasteiger partial charge in [-0.15, -0.1) is 0 Å². The number of nitrogens with two attached hydrogens (primary N) is 1. The fraction of sp³-hybridized carbons (Fsp3) is 0.375. The summed E-state index contributed by atoms with van der Waals surface area (Å²) in [4.78, 5) is 20.8. The molecule has 1 saturated heterocycles. The fourth-order valence-electron chi connectivity index (χ4n) is 4.35. The molecular formula is C24H30FN5O. The quantitative estimate of drug-likeness (QED) is 0.677. The van der Waals surface area contributed by atoms with Crippen molar-refractivity contribution in [2.75, 3.05) is 55.6 Å². The van der Waals surface area contributed by atoms with Crippen molar-refractivity contribution in [3.05, 3.63) is 60.0 Å². The number of primary amides is 1. The molecule has 7 heteroatoms. The number of hydrogen-bond acceptors (Lipinski definition) is 4. The normalized spacial score (nSPS) is 16.2. The van der Waals surface area contributed by atoms with Crippen LogP contribution in [0.5, 0.6) is 0 Å². The predicted octanol–water partition coefficient (Wildman–Crippen LogP) is 2.98. The summed E-state index contributed by atoms with van der Waals surface area (Å²) in [6.07, 6.45) is 2.78. The molecule has 2 aromatic carbocycles. The molecule has 6 nitrogen and oxygen atoms in total. The maximum atomic E-state index is 12.8. The SMILES string of the molecule is CCN1CCN(c2ccc3[nH]ccc3c2)CC1.NC(=O)CN1CCc2cc(F)ccc21. The number of H-pyrrole nitrogens is 1. The van der Waals surface area contributed by atoms with E-state index in [0.29, 0.717) is 0 Å². The zero-order chi connectivity index (χ0) is 21.8. The fourth-order valence-corrected chi connectivity index (χ4v) is 4.35. The number of anilines is 2. The molecule has 2 aliphatic rings. The van der Waals surface area contributed by atoms with Crippen LogP contribution in [0.25, 0.3) is 10.9 Å². The third-order valence-corrected chi connectivity index (χ3v) is 6.10. The number of piperazine rings is 1. The summed E-state index contributed by atoms with van der Waals surface area (Å²) in [5, 5.41) is 1.31. The van der Waals surface area contributed by atoms with E-state index in [0.717, 1.165) is 37.3 Å². The van der Waals surface area contributed by atoms with Gasteiger partial charge < -0.3 is 25.4 Å². The van der Waals surface area contributed by atoms with Gasteiger partial charge in [0.15, 0.2) is 0 Å². The van der Waals surface area contributed by atoms with E-state index in [9.17, 15) is 9.18 Å². The molecule has 3 N–H and O–H groups in total. The van der Waals surface area contributed by atoms with Gasteiger partial charge in [0.25, 0.3) is 0 Å². The van der Waals surface area contributed by atoms with E-state index in [1.807, 2.05) is 11.1 Å². The van der Waals surface area contributed by atoms with Crippen LogP contribution in [-0.4, -0.2) is 61.6 Å². The zero-order valence-corrected chi connectivity index (χ0v) is 18.0. The summed E-state index contributed by atoms with van der Waals surface area (Å²) in [6, 6.07) is 13.4. The Morgan fingerprint density at radius 3 is 2.61 bits per heavy atom. The molecule has 164 valence electrons. The van der Waals surface area contributed by atoms with Gasteiger partial charge in [-0.1, -0.05) is 6.92 Å². The van der Waals surface area contributed by atoms with Gasteiger partial charge >= 0.3 is 0 Å². The lowest BCUT2D eigenvalue weighted by molar-refractivity contribution is -0.116. The van der Waals surface area contributed by atoms with Gasteiger partial charge in [0.2, 0.25) is 5.91 Å². The molecule has 1 fully saturated rings. The van der Waals surface area contributed by atoms with E-state index in [1.165, 1.54) is 48.4 Å². The average molecular weight is 424 g/mol. The lowest BCUT2D eigenvalue weighted by Gasteiger charge is -2.35. The molecule has 0 saturated carbocycles. The number of rotatable bonds is 4. The Hall–Kier alpha value is -3.06. The van der Waals surface area contributed by atoms with Crippen LogP contribution >= 0.6 is 0 Å². The molecule has 1 aromatic heterocycles. The first-order valence-corrected chi connectivity index (χ1v) is 10.9. The molecule has 5 rings (SSSR count). The number of carbonyl (C=O) groups excluding carboxylic acids is 1. The minimum Gasteiger partial charge on any atom is -0.369 e. The van der Waals surface area contributed by atoms with Crippen LogP contribution in [-0.2, 0) is 11.2 Å². The number of benzene rings is 2. The highest BCUT2D eigenvalue weighted by Crippen LogP contribution is 2.28. The largest absolute Gasteiger partial charge is 0.369 e. The van der Waals surface area contributed by atoms with Gasteiger partial charge in [-0.25, -0.2) is 4.39 Å². The van der Waals surface area contributed by atoms with Crippen LogP contribution in [0.15, 0.2) is 48.7 Å². The summed E-state index contributed by atoms with van der Waals surface area (Å²) in [5.41, 5.74) is 9.55.